The van der Waals surface area contributed by atoms with Gasteiger partial charge in [-0.25, -0.2) is 0 Å². The van der Waals surface area contributed by atoms with Crippen LogP contribution in [0.25, 0.3) is 11.0 Å². The lowest BCUT2D eigenvalue weighted by Gasteiger charge is -2.17. The Bertz CT molecular complexity index is 1320. The highest BCUT2D eigenvalue weighted by Crippen LogP contribution is 2.39. The summed E-state index contributed by atoms with van der Waals surface area (Å²) in [5.74, 6) is 1.05. The lowest BCUT2D eigenvalue weighted by atomic mass is 10.2. The Morgan fingerprint density at radius 3 is 2.47 bits per heavy atom. The molecule has 0 unspecified atom stereocenters. The van der Waals surface area contributed by atoms with Crippen molar-refractivity contribution in [3.8, 4) is 11.5 Å². The molecule has 1 heterocycles. The minimum Gasteiger partial charge on any atom is -0.492 e. The Hall–Kier alpha value is -4.50. The molecule has 4 rings (SSSR count). The van der Waals surface area contributed by atoms with Gasteiger partial charge in [0.1, 0.15) is 24.5 Å². The highest BCUT2D eigenvalue weighted by Gasteiger charge is 2.21. The number of hydrogen-bond donors (Lipinski definition) is 2. The molecule has 0 spiro atoms. The van der Waals surface area contributed by atoms with Crippen LogP contribution >= 0.6 is 0 Å². The number of benzene rings is 3. The van der Waals surface area contributed by atoms with Crippen LogP contribution in [0.15, 0.2) is 77.2 Å². The molecular formula is C27H27N3O6. The van der Waals surface area contributed by atoms with Gasteiger partial charge in [0, 0.05) is 12.7 Å². The number of methoxy groups -OCH3 is 1. The largest absolute Gasteiger partial charge is 0.492 e. The van der Waals surface area contributed by atoms with E-state index in [1.807, 2.05) is 24.3 Å². The van der Waals surface area contributed by atoms with Crippen molar-refractivity contribution in [3.63, 3.8) is 0 Å². The van der Waals surface area contributed by atoms with Gasteiger partial charge in [0.05, 0.1) is 29.9 Å². The predicted molar refractivity (Wildman–Crippen MR) is 138 cm³/mol. The maximum absolute atomic E-state index is 12.5. The van der Waals surface area contributed by atoms with Crippen molar-refractivity contribution in [1.29, 1.82) is 0 Å². The number of para-hydroxylation sites is 3. The maximum Gasteiger partial charge on any atom is 0.255 e. The van der Waals surface area contributed by atoms with Gasteiger partial charge in [-0.3, -0.25) is 14.5 Å². The van der Waals surface area contributed by atoms with Crippen molar-refractivity contribution in [2.75, 3.05) is 49.4 Å². The first-order chi connectivity index (χ1) is 17.6. The van der Waals surface area contributed by atoms with Crippen LogP contribution in [0.3, 0.4) is 0 Å². The second kappa shape index (κ2) is 11.8. The number of nitrogens with one attached hydrogen (secondary N) is 1. The van der Waals surface area contributed by atoms with Gasteiger partial charge in [0.2, 0.25) is 12.3 Å². The van der Waals surface area contributed by atoms with Gasteiger partial charge in [-0.15, -0.1) is 0 Å². The first-order valence-electron chi connectivity index (χ1n) is 11.3. The Balaban J connectivity index is 1.38. The van der Waals surface area contributed by atoms with Crippen LogP contribution in [0.1, 0.15) is 10.4 Å². The summed E-state index contributed by atoms with van der Waals surface area (Å²) in [4.78, 5) is 25.8. The predicted octanol–water partition coefficient (Wildman–Crippen LogP) is 4.33. The van der Waals surface area contributed by atoms with Gasteiger partial charge in [-0.2, -0.15) is 0 Å². The summed E-state index contributed by atoms with van der Waals surface area (Å²) >= 11 is 0. The second-order valence-electron chi connectivity index (χ2n) is 7.79. The SMILES string of the molecule is COCCOc1c(N(C=O)CCOc2ccc(C(=O)Nc3ccccc3N)cc2)oc2ccccc12. The molecule has 9 nitrogen and oxygen atoms in total. The van der Waals surface area contributed by atoms with E-state index in [2.05, 4.69) is 5.32 Å². The van der Waals surface area contributed by atoms with Gasteiger partial charge in [0.25, 0.3) is 5.91 Å². The number of anilines is 3. The van der Waals surface area contributed by atoms with Crippen molar-refractivity contribution in [2.45, 2.75) is 0 Å². The summed E-state index contributed by atoms with van der Waals surface area (Å²) in [6.07, 6.45) is 0.674. The average molecular weight is 490 g/mol. The number of carbonyl (C=O) groups excluding carboxylic acids is 2. The van der Waals surface area contributed by atoms with Gasteiger partial charge in [-0.1, -0.05) is 24.3 Å². The molecule has 0 aliphatic heterocycles. The molecule has 1 aromatic heterocycles. The number of nitrogens with zero attached hydrogens (tertiary/aromatic N) is 1. The number of ether oxygens (including phenoxy) is 3. The summed E-state index contributed by atoms with van der Waals surface area (Å²) < 4.78 is 22.6. The molecule has 4 aromatic rings. The molecule has 0 saturated carbocycles. The number of carbonyl (C=O) groups is 2. The highest BCUT2D eigenvalue weighted by molar-refractivity contribution is 6.05. The Morgan fingerprint density at radius 2 is 1.72 bits per heavy atom. The lowest BCUT2D eigenvalue weighted by Crippen LogP contribution is -2.27. The standard InChI is InChI=1S/C27H27N3O6/c1-33-16-17-35-25-21-6-2-5-9-24(21)36-27(25)30(18-31)14-15-34-20-12-10-19(11-13-20)26(32)29-23-8-4-3-7-22(23)28/h2-13,18H,14-17,28H2,1H3,(H,29,32). The molecular weight excluding hydrogens is 462 g/mol. The molecule has 2 amide bonds. The number of nitrogens with two attached hydrogens (primary N) is 1. The third-order valence-electron chi connectivity index (χ3n) is 5.38. The molecule has 3 N–H and O–H groups in total. The number of nitrogen functional groups attached to an aromatic ring is 1. The minimum absolute atomic E-state index is 0.194. The van der Waals surface area contributed by atoms with Crippen molar-refractivity contribution in [1.82, 2.24) is 0 Å². The van der Waals surface area contributed by atoms with Gasteiger partial charge in [-0.05, 0) is 48.5 Å². The summed E-state index contributed by atoms with van der Waals surface area (Å²) in [7, 11) is 1.59. The van der Waals surface area contributed by atoms with Crippen LogP contribution in [0.4, 0.5) is 17.3 Å². The van der Waals surface area contributed by atoms with E-state index < -0.39 is 0 Å². The molecule has 36 heavy (non-hydrogen) atoms. The molecule has 9 heteroatoms. The van der Waals surface area contributed by atoms with Crippen molar-refractivity contribution < 1.29 is 28.2 Å². The second-order valence-corrected chi connectivity index (χ2v) is 7.79. The molecule has 186 valence electrons. The van der Waals surface area contributed by atoms with E-state index in [0.717, 1.165) is 5.39 Å². The molecule has 0 fully saturated rings. The Labute approximate surface area is 208 Å². The Kier molecular flexibility index (Phi) is 8.05. The molecule has 0 saturated heterocycles. The van der Waals surface area contributed by atoms with E-state index in [9.17, 15) is 9.59 Å². The van der Waals surface area contributed by atoms with Gasteiger partial charge >= 0.3 is 0 Å². The molecule has 0 aliphatic rings. The molecule has 0 aliphatic carbocycles. The average Bonchev–Trinajstić information content (AvgIpc) is 3.27. The van der Waals surface area contributed by atoms with E-state index in [0.29, 0.717) is 59.5 Å². The molecule has 0 atom stereocenters. The monoisotopic (exact) mass is 489 g/mol. The normalized spacial score (nSPS) is 10.7. The molecule has 3 aromatic carbocycles. The fourth-order valence-electron chi connectivity index (χ4n) is 3.54. The first-order valence-corrected chi connectivity index (χ1v) is 11.3. The number of hydrogen-bond acceptors (Lipinski definition) is 7. The third-order valence-corrected chi connectivity index (χ3v) is 5.38. The summed E-state index contributed by atoms with van der Waals surface area (Å²) in [5.41, 5.74) is 7.99. The van der Waals surface area contributed by atoms with E-state index in [1.54, 1.807) is 55.6 Å². The van der Waals surface area contributed by atoms with Crippen molar-refractivity contribution in [2.24, 2.45) is 0 Å². The third kappa shape index (κ3) is 5.76. The van der Waals surface area contributed by atoms with Crippen LogP contribution in [-0.4, -0.2) is 45.8 Å². The lowest BCUT2D eigenvalue weighted by molar-refractivity contribution is -0.107. The topological polar surface area (TPSA) is 116 Å². The zero-order valence-electron chi connectivity index (χ0n) is 19.8. The zero-order valence-corrected chi connectivity index (χ0v) is 19.8. The highest BCUT2D eigenvalue weighted by atomic mass is 16.5. The molecule has 0 radical (unpaired) electrons. The Morgan fingerprint density at radius 1 is 0.972 bits per heavy atom. The quantitative estimate of drug-likeness (QED) is 0.173. The minimum atomic E-state index is -0.280. The van der Waals surface area contributed by atoms with E-state index in [4.69, 9.17) is 24.4 Å². The van der Waals surface area contributed by atoms with Crippen LogP contribution in [-0.2, 0) is 9.53 Å². The number of fused-ring (bicyclic) bond motifs is 1. The van der Waals surface area contributed by atoms with Crippen molar-refractivity contribution >= 4 is 40.5 Å². The fourth-order valence-corrected chi connectivity index (χ4v) is 3.54. The van der Waals surface area contributed by atoms with Gasteiger partial charge < -0.3 is 29.7 Å². The van der Waals surface area contributed by atoms with E-state index in [-0.39, 0.29) is 19.1 Å². The van der Waals surface area contributed by atoms with E-state index in [1.165, 1.54) is 4.90 Å². The fraction of sp³-hybridized carbons (Fsp3) is 0.185. The zero-order chi connectivity index (χ0) is 25.3. The van der Waals surface area contributed by atoms with E-state index >= 15 is 0 Å². The van der Waals surface area contributed by atoms with Crippen LogP contribution < -0.4 is 25.4 Å². The van der Waals surface area contributed by atoms with Crippen LogP contribution in [0, 0.1) is 0 Å². The summed E-state index contributed by atoms with van der Waals surface area (Å²) in [6, 6.07) is 21.1. The summed E-state index contributed by atoms with van der Waals surface area (Å²) in [5, 5.41) is 3.55. The number of rotatable bonds is 12. The van der Waals surface area contributed by atoms with Gasteiger partial charge in [0.15, 0.2) is 5.75 Å². The van der Waals surface area contributed by atoms with Crippen molar-refractivity contribution in [3.05, 3.63) is 78.4 Å². The summed E-state index contributed by atoms with van der Waals surface area (Å²) in [6.45, 7) is 1.13. The number of amides is 2. The molecule has 0 bridgehead atoms. The van der Waals surface area contributed by atoms with Crippen LogP contribution in [0.5, 0.6) is 11.5 Å². The number of furan rings is 1. The first kappa shape index (κ1) is 24.6. The maximum atomic E-state index is 12.5. The smallest absolute Gasteiger partial charge is 0.255 e. The van der Waals surface area contributed by atoms with Crippen LogP contribution in [0.2, 0.25) is 0 Å².